The molecule has 0 bridgehead atoms. The minimum Gasteiger partial charge on any atom is -0.506 e. The van der Waals surface area contributed by atoms with Gasteiger partial charge in [-0.1, -0.05) is 36.4 Å². The summed E-state index contributed by atoms with van der Waals surface area (Å²) in [5, 5.41) is 17.7. The van der Waals surface area contributed by atoms with Crippen LogP contribution < -0.4 is 5.73 Å². The second-order valence-corrected chi connectivity index (χ2v) is 5.38. The van der Waals surface area contributed by atoms with Gasteiger partial charge >= 0.3 is 0 Å². The summed E-state index contributed by atoms with van der Waals surface area (Å²) in [6.07, 6.45) is 1.44. The van der Waals surface area contributed by atoms with Gasteiger partial charge in [-0.3, -0.25) is 4.98 Å². The molecule has 0 spiro atoms. The predicted octanol–water partition coefficient (Wildman–Crippen LogP) is 4.09. The summed E-state index contributed by atoms with van der Waals surface area (Å²) in [6, 6.07) is 17.0. The molecule has 4 heteroatoms. The fourth-order valence-electron chi connectivity index (χ4n) is 2.55. The number of pyridine rings is 1. The van der Waals surface area contributed by atoms with Crippen molar-refractivity contribution in [1.82, 2.24) is 4.98 Å². The second-order valence-electron chi connectivity index (χ2n) is 5.38. The zero-order valence-corrected chi connectivity index (χ0v) is 12.7. The first-order valence-electron chi connectivity index (χ1n) is 7.26. The summed E-state index contributed by atoms with van der Waals surface area (Å²) in [5.41, 5.74) is 11.0. The molecule has 0 atom stereocenters. The topological polar surface area (TPSA) is 83.0 Å². The van der Waals surface area contributed by atoms with Crippen LogP contribution in [0.25, 0.3) is 22.4 Å². The van der Waals surface area contributed by atoms with Crippen molar-refractivity contribution in [1.29, 1.82) is 5.41 Å². The van der Waals surface area contributed by atoms with Gasteiger partial charge in [0.05, 0.1) is 11.9 Å². The minimum absolute atomic E-state index is 0.102. The smallest absolute Gasteiger partial charge is 0.134 e. The Bertz CT molecular complexity index is 873. The molecule has 0 amide bonds. The van der Waals surface area contributed by atoms with E-state index in [1.165, 1.54) is 6.20 Å². The standard InChI is InChI=1S/C19H17N3O/c1-12(20)16-9-14(7-8-18(16)21)17-10-15(23)11-22-19(17)13-5-3-2-4-6-13/h2-11,20,23H,21H2,1H3. The number of rotatable bonds is 3. The highest BCUT2D eigenvalue weighted by molar-refractivity contribution is 6.02. The molecule has 0 aliphatic carbocycles. The van der Waals surface area contributed by atoms with Gasteiger partial charge in [-0.2, -0.15) is 0 Å². The fraction of sp³-hybridized carbons (Fsp3) is 0.0526. The SMILES string of the molecule is CC(=N)c1cc(-c2cc(O)cnc2-c2ccccc2)ccc1N. The van der Waals surface area contributed by atoms with Gasteiger partial charge in [0.15, 0.2) is 0 Å². The average Bonchev–Trinajstić information content (AvgIpc) is 2.56. The number of nitrogens with two attached hydrogens (primary N) is 1. The molecule has 1 aromatic heterocycles. The van der Waals surface area contributed by atoms with Gasteiger partial charge < -0.3 is 16.2 Å². The molecule has 0 fully saturated rings. The Hall–Kier alpha value is -3.14. The fourth-order valence-corrected chi connectivity index (χ4v) is 2.55. The largest absolute Gasteiger partial charge is 0.506 e. The lowest BCUT2D eigenvalue weighted by Gasteiger charge is -2.12. The average molecular weight is 303 g/mol. The highest BCUT2D eigenvalue weighted by Gasteiger charge is 2.12. The Morgan fingerprint density at radius 2 is 1.78 bits per heavy atom. The first kappa shape index (κ1) is 14.8. The normalized spacial score (nSPS) is 10.5. The number of anilines is 1. The third-order valence-electron chi connectivity index (χ3n) is 3.69. The number of hydrogen-bond acceptors (Lipinski definition) is 4. The highest BCUT2D eigenvalue weighted by atomic mass is 16.3. The van der Waals surface area contributed by atoms with Crippen LogP contribution in [0.1, 0.15) is 12.5 Å². The zero-order chi connectivity index (χ0) is 16.4. The number of aromatic nitrogens is 1. The molecule has 0 aliphatic rings. The molecule has 0 aliphatic heterocycles. The molecule has 0 radical (unpaired) electrons. The molecular weight excluding hydrogens is 286 g/mol. The molecule has 0 saturated heterocycles. The van der Waals surface area contributed by atoms with E-state index in [4.69, 9.17) is 11.1 Å². The molecule has 23 heavy (non-hydrogen) atoms. The summed E-state index contributed by atoms with van der Waals surface area (Å²) < 4.78 is 0. The van der Waals surface area contributed by atoms with Crippen molar-refractivity contribution in [3.05, 3.63) is 66.4 Å². The first-order valence-corrected chi connectivity index (χ1v) is 7.26. The highest BCUT2D eigenvalue weighted by Crippen LogP contribution is 2.34. The summed E-state index contributed by atoms with van der Waals surface area (Å²) in [4.78, 5) is 4.39. The summed E-state index contributed by atoms with van der Waals surface area (Å²) in [6.45, 7) is 1.70. The van der Waals surface area contributed by atoms with Crippen LogP contribution in [0.5, 0.6) is 5.75 Å². The summed E-state index contributed by atoms with van der Waals surface area (Å²) in [5.74, 6) is 0.102. The number of nitrogen functional groups attached to an aromatic ring is 1. The lowest BCUT2D eigenvalue weighted by atomic mass is 9.96. The number of aromatic hydroxyl groups is 1. The lowest BCUT2D eigenvalue weighted by molar-refractivity contribution is 0.473. The van der Waals surface area contributed by atoms with Crippen molar-refractivity contribution in [2.75, 3.05) is 5.73 Å². The van der Waals surface area contributed by atoms with Gasteiger partial charge in [-0.05, 0) is 30.7 Å². The molecule has 3 rings (SSSR count). The van der Waals surface area contributed by atoms with Crippen LogP contribution in [0.2, 0.25) is 0 Å². The third-order valence-corrected chi connectivity index (χ3v) is 3.69. The monoisotopic (exact) mass is 303 g/mol. The Balaban J connectivity index is 2.22. The number of nitrogens with zero attached hydrogens (tertiary/aromatic N) is 1. The molecule has 114 valence electrons. The maximum atomic E-state index is 9.85. The van der Waals surface area contributed by atoms with Gasteiger partial charge in [0, 0.05) is 28.1 Å². The van der Waals surface area contributed by atoms with Gasteiger partial charge in [0.25, 0.3) is 0 Å². The first-order chi connectivity index (χ1) is 11.1. The van der Waals surface area contributed by atoms with E-state index < -0.39 is 0 Å². The predicted molar refractivity (Wildman–Crippen MR) is 93.7 cm³/mol. The molecule has 1 heterocycles. The van der Waals surface area contributed by atoms with E-state index in [-0.39, 0.29) is 5.75 Å². The third kappa shape index (κ3) is 2.92. The zero-order valence-electron chi connectivity index (χ0n) is 12.7. The van der Waals surface area contributed by atoms with E-state index >= 15 is 0 Å². The van der Waals surface area contributed by atoms with E-state index in [2.05, 4.69) is 4.98 Å². The van der Waals surface area contributed by atoms with E-state index in [1.54, 1.807) is 19.1 Å². The van der Waals surface area contributed by atoms with Crippen LogP contribution in [0.15, 0.2) is 60.8 Å². The molecule has 0 unspecified atom stereocenters. The van der Waals surface area contributed by atoms with Gasteiger partial charge in [-0.25, -0.2) is 0 Å². The molecule has 0 saturated carbocycles. The van der Waals surface area contributed by atoms with Crippen LogP contribution in [-0.4, -0.2) is 15.8 Å². The van der Waals surface area contributed by atoms with Crippen molar-refractivity contribution in [3.63, 3.8) is 0 Å². The van der Waals surface area contributed by atoms with Crippen molar-refractivity contribution in [3.8, 4) is 28.1 Å². The Labute approximate surface area is 134 Å². The van der Waals surface area contributed by atoms with E-state index in [0.717, 1.165) is 22.4 Å². The van der Waals surface area contributed by atoms with Crippen molar-refractivity contribution < 1.29 is 5.11 Å². The van der Waals surface area contributed by atoms with Crippen LogP contribution in [-0.2, 0) is 0 Å². The van der Waals surface area contributed by atoms with E-state index in [9.17, 15) is 5.11 Å². The minimum atomic E-state index is 0.102. The summed E-state index contributed by atoms with van der Waals surface area (Å²) in [7, 11) is 0. The van der Waals surface area contributed by atoms with Crippen molar-refractivity contribution >= 4 is 11.4 Å². The molecular formula is C19H17N3O. The van der Waals surface area contributed by atoms with Crippen LogP contribution in [0.4, 0.5) is 5.69 Å². The van der Waals surface area contributed by atoms with Crippen LogP contribution in [0.3, 0.4) is 0 Å². The molecule has 4 nitrogen and oxygen atoms in total. The van der Waals surface area contributed by atoms with Gasteiger partial charge in [0.1, 0.15) is 5.75 Å². The van der Waals surface area contributed by atoms with Gasteiger partial charge in [0.2, 0.25) is 0 Å². The maximum absolute atomic E-state index is 9.85. The second kappa shape index (κ2) is 5.93. The van der Waals surface area contributed by atoms with Crippen molar-refractivity contribution in [2.45, 2.75) is 6.92 Å². The van der Waals surface area contributed by atoms with Crippen molar-refractivity contribution in [2.24, 2.45) is 0 Å². The van der Waals surface area contributed by atoms with E-state index in [1.807, 2.05) is 42.5 Å². The van der Waals surface area contributed by atoms with E-state index in [0.29, 0.717) is 17.0 Å². The maximum Gasteiger partial charge on any atom is 0.134 e. The van der Waals surface area contributed by atoms with Crippen LogP contribution in [0, 0.1) is 5.41 Å². The Kier molecular flexibility index (Phi) is 3.81. The van der Waals surface area contributed by atoms with Crippen LogP contribution >= 0.6 is 0 Å². The number of nitrogens with one attached hydrogen (secondary N) is 1. The molecule has 4 N–H and O–H groups in total. The number of hydrogen-bond donors (Lipinski definition) is 3. The Morgan fingerprint density at radius 1 is 1.04 bits per heavy atom. The molecule has 2 aromatic carbocycles. The van der Waals surface area contributed by atoms with Gasteiger partial charge in [-0.15, -0.1) is 0 Å². The quantitative estimate of drug-likeness (QED) is 0.503. The Morgan fingerprint density at radius 3 is 2.48 bits per heavy atom. The summed E-state index contributed by atoms with van der Waals surface area (Å²) >= 11 is 0. The number of benzene rings is 2. The lowest BCUT2D eigenvalue weighted by Crippen LogP contribution is -2.00. The molecule has 3 aromatic rings.